The maximum absolute atomic E-state index is 12.7. The van der Waals surface area contributed by atoms with Crippen LogP contribution in [0, 0.1) is 20.8 Å². The first-order chi connectivity index (χ1) is 9.71. The van der Waals surface area contributed by atoms with Crippen LogP contribution in [0.2, 0.25) is 0 Å². The number of aryl methyl sites for hydroxylation is 3. The number of hydrogen-bond donors (Lipinski definition) is 1. The minimum atomic E-state index is -3.61. The molecule has 2 aromatic rings. The van der Waals surface area contributed by atoms with Crippen LogP contribution in [-0.2, 0) is 16.6 Å². The first kappa shape index (κ1) is 15.9. The van der Waals surface area contributed by atoms with E-state index in [1.807, 2.05) is 20.8 Å². The minimum absolute atomic E-state index is 0.161. The van der Waals surface area contributed by atoms with Crippen LogP contribution in [0.4, 0.5) is 5.69 Å². The third-order valence-corrected chi connectivity index (χ3v) is 6.12. The van der Waals surface area contributed by atoms with Gasteiger partial charge in [0.15, 0.2) is 0 Å². The summed E-state index contributed by atoms with van der Waals surface area (Å²) < 4.78 is 26.6. The molecule has 1 heterocycles. The van der Waals surface area contributed by atoms with E-state index in [1.54, 1.807) is 25.4 Å². The summed E-state index contributed by atoms with van der Waals surface area (Å²) in [5.74, 6) is 0. The molecule has 0 spiro atoms. The Morgan fingerprint density at radius 2 is 1.86 bits per heavy atom. The highest BCUT2D eigenvalue weighted by molar-refractivity contribution is 7.89. The number of sulfonamides is 1. The fraction of sp³-hybridized carbons (Fsp3) is 0.357. The zero-order chi connectivity index (χ0) is 15.8. The van der Waals surface area contributed by atoms with E-state index in [2.05, 4.69) is 4.98 Å². The molecule has 0 unspecified atom stereocenters. The molecule has 1 aromatic carbocycles. The number of aromatic nitrogens is 1. The summed E-state index contributed by atoms with van der Waals surface area (Å²) >= 11 is 1.49. The summed E-state index contributed by atoms with van der Waals surface area (Å²) in [5.41, 5.74) is 8.07. The number of nitrogens with two attached hydrogens (primary N) is 1. The van der Waals surface area contributed by atoms with Gasteiger partial charge >= 0.3 is 0 Å². The molecule has 0 amide bonds. The predicted octanol–water partition coefficient (Wildman–Crippen LogP) is 2.47. The van der Waals surface area contributed by atoms with Gasteiger partial charge in [-0.15, -0.1) is 11.3 Å². The Morgan fingerprint density at radius 3 is 2.43 bits per heavy atom. The fourth-order valence-electron chi connectivity index (χ4n) is 1.99. The maximum Gasteiger partial charge on any atom is 0.245 e. The lowest BCUT2D eigenvalue weighted by Gasteiger charge is -2.18. The van der Waals surface area contributed by atoms with Gasteiger partial charge in [0.05, 0.1) is 10.7 Å². The molecular weight excluding hydrogens is 306 g/mol. The van der Waals surface area contributed by atoms with Crippen molar-refractivity contribution < 1.29 is 8.42 Å². The first-order valence-corrected chi connectivity index (χ1v) is 8.72. The van der Waals surface area contributed by atoms with Gasteiger partial charge in [0, 0.05) is 24.7 Å². The smallest absolute Gasteiger partial charge is 0.245 e. The van der Waals surface area contributed by atoms with Crippen LogP contribution in [0.3, 0.4) is 0 Å². The topological polar surface area (TPSA) is 76.3 Å². The Morgan fingerprint density at radius 1 is 1.24 bits per heavy atom. The number of anilines is 1. The van der Waals surface area contributed by atoms with Crippen molar-refractivity contribution in [2.75, 3.05) is 12.8 Å². The van der Waals surface area contributed by atoms with Gasteiger partial charge < -0.3 is 5.73 Å². The second kappa shape index (κ2) is 5.75. The summed E-state index contributed by atoms with van der Waals surface area (Å²) in [7, 11) is -2.06. The van der Waals surface area contributed by atoms with Gasteiger partial charge in [0.2, 0.25) is 10.0 Å². The number of hydrogen-bond acceptors (Lipinski definition) is 5. The standard InChI is InChI=1S/C14H19N3O2S2/c1-9-5-13(15)14(6-10(9)2)21(18,19)17(4)8-12-7-16-11(3)20-12/h5-7H,8,15H2,1-4H3. The second-order valence-corrected chi connectivity index (χ2v) is 8.41. The lowest BCUT2D eigenvalue weighted by Crippen LogP contribution is -2.27. The summed E-state index contributed by atoms with van der Waals surface area (Å²) in [4.78, 5) is 5.21. The summed E-state index contributed by atoms with van der Waals surface area (Å²) in [6.45, 7) is 5.97. The lowest BCUT2D eigenvalue weighted by molar-refractivity contribution is 0.469. The van der Waals surface area contributed by atoms with Crippen molar-refractivity contribution in [1.29, 1.82) is 0 Å². The SMILES string of the molecule is Cc1ncc(CN(C)S(=O)(=O)c2cc(C)c(C)cc2N)s1. The Kier molecular flexibility index (Phi) is 4.36. The zero-order valence-corrected chi connectivity index (χ0v) is 14.2. The molecule has 7 heteroatoms. The van der Waals surface area contributed by atoms with Crippen LogP contribution in [-0.4, -0.2) is 24.8 Å². The Labute approximate surface area is 129 Å². The predicted molar refractivity (Wildman–Crippen MR) is 85.8 cm³/mol. The second-order valence-electron chi connectivity index (χ2n) is 5.08. The van der Waals surface area contributed by atoms with Gasteiger partial charge in [0.1, 0.15) is 4.90 Å². The largest absolute Gasteiger partial charge is 0.398 e. The van der Waals surface area contributed by atoms with Crippen molar-refractivity contribution in [3.8, 4) is 0 Å². The van der Waals surface area contributed by atoms with E-state index in [4.69, 9.17) is 5.73 Å². The number of nitrogen functional groups attached to an aromatic ring is 1. The van der Waals surface area contributed by atoms with Gasteiger partial charge in [-0.05, 0) is 44.0 Å². The highest BCUT2D eigenvalue weighted by Gasteiger charge is 2.24. The Balaban J connectivity index is 2.35. The van der Waals surface area contributed by atoms with E-state index >= 15 is 0 Å². The van der Waals surface area contributed by atoms with Crippen molar-refractivity contribution in [1.82, 2.24) is 9.29 Å². The summed E-state index contributed by atoms with van der Waals surface area (Å²) in [6, 6.07) is 3.33. The molecule has 2 N–H and O–H groups in total. The molecule has 0 bridgehead atoms. The van der Waals surface area contributed by atoms with Crippen LogP contribution in [0.1, 0.15) is 21.0 Å². The maximum atomic E-state index is 12.7. The number of thiazole rings is 1. The molecule has 0 radical (unpaired) electrons. The number of nitrogens with zero attached hydrogens (tertiary/aromatic N) is 2. The summed E-state index contributed by atoms with van der Waals surface area (Å²) in [5, 5.41) is 0.918. The van der Waals surface area contributed by atoms with Gasteiger partial charge in [-0.3, -0.25) is 0 Å². The van der Waals surface area contributed by atoms with Gasteiger partial charge in [-0.1, -0.05) is 0 Å². The van der Waals surface area contributed by atoms with Crippen molar-refractivity contribution in [2.45, 2.75) is 32.2 Å². The molecule has 2 rings (SSSR count). The average Bonchev–Trinajstić information content (AvgIpc) is 2.79. The number of benzene rings is 1. The van der Waals surface area contributed by atoms with Crippen molar-refractivity contribution in [3.05, 3.63) is 39.3 Å². The van der Waals surface area contributed by atoms with Crippen molar-refractivity contribution >= 4 is 27.0 Å². The molecule has 0 saturated heterocycles. The fourth-order valence-corrected chi connectivity index (χ4v) is 4.24. The lowest BCUT2D eigenvalue weighted by atomic mass is 10.1. The Bertz CT molecular complexity index is 767. The van der Waals surface area contributed by atoms with Gasteiger partial charge in [-0.25, -0.2) is 13.4 Å². The monoisotopic (exact) mass is 325 g/mol. The molecule has 0 aliphatic heterocycles. The summed E-state index contributed by atoms with van der Waals surface area (Å²) in [6.07, 6.45) is 1.70. The van der Waals surface area contributed by atoms with Crippen LogP contribution < -0.4 is 5.73 Å². The third kappa shape index (κ3) is 3.25. The van der Waals surface area contributed by atoms with E-state index in [1.165, 1.54) is 15.6 Å². The molecule has 0 aliphatic rings. The quantitative estimate of drug-likeness (QED) is 0.876. The molecule has 0 atom stereocenters. The van der Waals surface area contributed by atoms with Crippen LogP contribution in [0.5, 0.6) is 0 Å². The average molecular weight is 325 g/mol. The van der Waals surface area contributed by atoms with Crippen molar-refractivity contribution in [3.63, 3.8) is 0 Å². The Hall–Kier alpha value is -1.44. The molecule has 114 valence electrons. The molecule has 21 heavy (non-hydrogen) atoms. The van der Waals surface area contributed by atoms with E-state index in [0.717, 1.165) is 21.0 Å². The van der Waals surface area contributed by atoms with Crippen LogP contribution in [0.25, 0.3) is 0 Å². The van der Waals surface area contributed by atoms with E-state index in [-0.39, 0.29) is 10.6 Å². The molecule has 1 aromatic heterocycles. The highest BCUT2D eigenvalue weighted by atomic mass is 32.2. The number of rotatable bonds is 4. The van der Waals surface area contributed by atoms with Crippen LogP contribution in [0.15, 0.2) is 23.2 Å². The van der Waals surface area contributed by atoms with E-state index < -0.39 is 10.0 Å². The highest BCUT2D eigenvalue weighted by Crippen LogP contribution is 2.26. The van der Waals surface area contributed by atoms with Crippen LogP contribution >= 0.6 is 11.3 Å². The first-order valence-electron chi connectivity index (χ1n) is 6.46. The third-order valence-electron chi connectivity index (χ3n) is 3.36. The molecule has 5 nitrogen and oxygen atoms in total. The van der Waals surface area contributed by atoms with Gasteiger partial charge in [-0.2, -0.15) is 4.31 Å². The van der Waals surface area contributed by atoms with Crippen molar-refractivity contribution in [2.24, 2.45) is 0 Å². The normalized spacial score (nSPS) is 12.0. The molecular formula is C14H19N3O2S2. The minimum Gasteiger partial charge on any atom is -0.398 e. The zero-order valence-electron chi connectivity index (χ0n) is 12.5. The molecule has 0 fully saturated rings. The van der Waals surface area contributed by atoms with E-state index in [0.29, 0.717) is 6.54 Å². The molecule has 0 saturated carbocycles. The van der Waals surface area contributed by atoms with Gasteiger partial charge in [0.25, 0.3) is 0 Å². The molecule has 0 aliphatic carbocycles. The van der Waals surface area contributed by atoms with E-state index in [9.17, 15) is 8.42 Å².